The van der Waals surface area contributed by atoms with E-state index in [1.807, 2.05) is 41.8 Å². The fourth-order valence-corrected chi connectivity index (χ4v) is 3.39. The molecule has 0 unspecified atom stereocenters. The highest BCUT2D eigenvalue weighted by Gasteiger charge is 2.17. The third kappa shape index (κ3) is 3.11. The van der Waals surface area contributed by atoms with Crippen molar-refractivity contribution in [3.8, 4) is 22.9 Å². The number of rotatable bonds is 7. The Bertz CT molecular complexity index is 1010. The van der Waals surface area contributed by atoms with Crippen molar-refractivity contribution in [2.45, 2.75) is 24.4 Å². The highest BCUT2D eigenvalue weighted by Crippen LogP contribution is 2.29. The van der Waals surface area contributed by atoms with Gasteiger partial charge in [0.15, 0.2) is 16.7 Å². The number of furan rings is 2. The largest absolute Gasteiger partial charge is 0.469 e. The molecule has 0 aliphatic rings. The van der Waals surface area contributed by atoms with Crippen molar-refractivity contribution in [1.82, 2.24) is 19.9 Å². The Hall–Kier alpha value is -3.00. The summed E-state index contributed by atoms with van der Waals surface area (Å²) in [6.07, 6.45) is 5.07. The summed E-state index contributed by atoms with van der Waals surface area (Å²) in [5.74, 6) is 3.42. The van der Waals surface area contributed by atoms with Crippen LogP contribution < -0.4 is 0 Å². The van der Waals surface area contributed by atoms with E-state index in [1.165, 1.54) is 11.8 Å². The summed E-state index contributed by atoms with van der Waals surface area (Å²) in [5.41, 5.74) is 1.73. The number of aromatic nitrogens is 4. The van der Waals surface area contributed by atoms with E-state index >= 15 is 0 Å². The van der Waals surface area contributed by atoms with Gasteiger partial charge >= 0.3 is 0 Å². The van der Waals surface area contributed by atoms with Crippen molar-refractivity contribution in [3.63, 3.8) is 0 Å². The Labute approximate surface area is 153 Å². The van der Waals surface area contributed by atoms with Gasteiger partial charge in [0.25, 0.3) is 0 Å². The lowest BCUT2D eigenvalue weighted by Crippen LogP contribution is -2.00. The van der Waals surface area contributed by atoms with Crippen molar-refractivity contribution in [3.05, 3.63) is 60.9 Å². The van der Waals surface area contributed by atoms with E-state index in [2.05, 4.69) is 21.9 Å². The zero-order chi connectivity index (χ0) is 17.9. The molecule has 26 heavy (non-hydrogen) atoms. The molecule has 0 spiro atoms. The molecule has 0 saturated carbocycles. The maximum Gasteiger partial charge on any atom is 0.202 e. The van der Waals surface area contributed by atoms with Gasteiger partial charge in [-0.2, -0.15) is 0 Å². The van der Waals surface area contributed by atoms with Crippen molar-refractivity contribution in [2.24, 2.45) is 0 Å². The zero-order valence-corrected chi connectivity index (χ0v) is 14.9. The Balaban J connectivity index is 1.54. The first-order chi connectivity index (χ1) is 12.8. The molecule has 0 aliphatic carbocycles. The molecule has 8 heteroatoms. The van der Waals surface area contributed by atoms with Gasteiger partial charge < -0.3 is 13.4 Å². The van der Waals surface area contributed by atoms with Crippen LogP contribution in [0.4, 0.5) is 0 Å². The lowest BCUT2D eigenvalue weighted by Gasteiger charge is -2.06. The monoisotopic (exact) mass is 368 g/mol. The SMILES string of the molecule is C=CCn1c(SCc2cc(-c3ccco3)on2)nnc1-c1ccoc1C. The summed E-state index contributed by atoms with van der Waals surface area (Å²) in [4.78, 5) is 0. The van der Waals surface area contributed by atoms with Gasteiger partial charge in [0.05, 0.1) is 23.8 Å². The van der Waals surface area contributed by atoms with Gasteiger partial charge in [-0.1, -0.05) is 23.0 Å². The first kappa shape index (κ1) is 16.5. The molecule has 4 heterocycles. The number of allylic oxidation sites excluding steroid dienone is 1. The van der Waals surface area contributed by atoms with Crippen LogP contribution >= 0.6 is 11.8 Å². The van der Waals surface area contributed by atoms with Crippen LogP contribution in [0, 0.1) is 6.92 Å². The Morgan fingerprint density at radius 1 is 1.19 bits per heavy atom. The van der Waals surface area contributed by atoms with Crippen LogP contribution in [0.1, 0.15) is 11.5 Å². The van der Waals surface area contributed by atoms with Crippen molar-refractivity contribution < 1.29 is 13.4 Å². The normalized spacial score (nSPS) is 11.1. The zero-order valence-electron chi connectivity index (χ0n) is 14.1. The minimum atomic E-state index is 0.601. The van der Waals surface area contributed by atoms with E-state index in [-0.39, 0.29) is 0 Å². The van der Waals surface area contributed by atoms with Crippen LogP contribution in [0.5, 0.6) is 0 Å². The minimum Gasteiger partial charge on any atom is -0.469 e. The number of thioether (sulfide) groups is 1. The number of aryl methyl sites for hydroxylation is 1. The lowest BCUT2D eigenvalue weighted by atomic mass is 10.2. The molecule has 0 N–H and O–H groups in total. The van der Waals surface area contributed by atoms with Crippen LogP contribution in [-0.4, -0.2) is 19.9 Å². The molecule has 7 nitrogen and oxygen atoms in total. The Morgan fingerprint density at radius 3 is 2.85 bits per heavy atom. The third-order valence-electron chi connectivity index (χ3n) is 3.80. The number of hydrogen-bond donors (Lipinski definition) is 0. The molecule has 0 amide bonds. The quantitative estimate of drug-likeness (QED) is 0.349. The predicted octanol–water partition coefficient (Wildman–Crippen LogP) is 4.57. The average Bonchev–Trinajstić information content (AvgIpc) is 3.41. The summed E-state index contributed by atoms with van der Waals surface area (Å²) < 4.78 is 18.0. The van der Waals surface area contributed by atoms with Gasteiger partial charge in [0.2, 0.25) is 5.76 Å². The summed E-state index contributed by atoms with van der Waals surface area (Å²) >= 11 is 1.53. The minimum absolute atomic E-state index is 0.601. The first-order valence-electron chi connectivity index (χ1n) is 7.97. The highest BCUT2D eigenvalue weighted by atomic mass is 32.2. The van der Waals surface area contributed by atoms with Crippen LogP contribution in [-0.2, 0) is 12.3 Å². The maximum absolute atomic E-state index is 5.38. The fourth-order valence-electron chi connectivity index (χ4n) is 2.56. The van der Waals surface area contributed by atoms with Crippen molar-refractivity contribution in [2.75, 3.05) is 0 Å². The smallest absolute Gasteiger partial charge is 0.202 e. The summed E-state index contributed by atoms with van der Waals surface area (Å²) in [7, 11) is 0. The summed E-state index contributed by atoms with van der Waals surface area (Å²) in [6, 6.07) is 7.39. The molecular weight excluding hydrogens is 352 g/mol. The molecule has 4 aromatic heterocycles. The molecule has 0 radical (unpaired) electrons. The fraction of sp³-hybridized carbons (Fsp3) is 0.167. The van der Waals surface area contributed by atoms with Gasteiger partial charge in [0.1, 0.15) is 5.76 Å². The standard InChI is InChI=1S/C18H16N4O3S/c1-3-7-22-17(14-6-9-23-12(14)2)19-20-18(22)26-11-13-10-16(25-21-13)15-5-4-8-24-15/h3-6,8-10H,1,7,11H2,2H3. The van der Waals surface area contributed by atoms with E-state index in [4.69, 9.17) is 13.4 Å². The van der Waals surface area contributed by atoms with Gasteiger partial charge in [-0.15, -0.1) is 16.8 Å². The molecule has 0 fully saturated rings. The van der Waals surface area contributed by atoms with E-state index in [0.717, 1.165) is 28.0 Å². The summed E-state index contributed by atoms with van der Waals surface area (Å²) in [6.45, 7) is 6.33. The van der Waals surface area contributed by atoms with Crippen LogP contribution in [0.25, 0.3) is 22.9 Å². The van der Waals surface area contributed by atoms with Crippen LogP contribution in [0.3, 0.4) is 0 Å². The number of nitrogens with zero attached hydrogens (tertiary/aromatic N) is 4. The molecular formula is C18H16N4O3S. The van der Waals surface area contributed by atoms with Crippen molar-refractivity contribution >= 4 is 11.8 Å². The van der Waals surface area contributed by atoms with Gasteiger partial charge in [-0.05, 0) is 25.1 Å². The second-order valence-electron chi connectivity index (χ2n) is 5.54. The topological polar surface area (TPSA) is 83.0 Å². The van der Waals surface area contributed by atoms with Crippen molar-refractivity contribution in [1.29, 1.82) is 0 Å². The molecule has 4 aromatic rings. The average molecular weight is 368 g/mol. The summed E-state index contributed by atoms with van der Waals surface area (Å²) in [5, 5.41) is 13.5. The highest BCUT2D eigenvalue weighted by molar-refractivity contribution is 7.98. The van der Waals surface area contributed by atoms with E-state index in [9.17, 15) is 0 Å². The van der Waals surface area contributed by atoms with E-state index in [0.29, 0.717) is 23.8 Å². The van der Waals surface area contributed by atoms with Gasteiger partial charge in [-0.3, -0.25) is 4.57 Å². The molecule has 132 valence electrons. The molecule has 0 aromatic carbocycles. The molecule has 0 bridgehead atoms. The predicted molar refractivity (Wildman–Crippen MR) is 96.4 cm³/mol. The molecule has 0 aliphatic heterocycles. The van der Waals surface area contributed by atoms with Gasteiger partial charge in [-0.25, -0.2) is 0 Å². The lowest BCUT2D eigenvalue weighted by molar-refractivity contribution is 0.413. The molecule has 0 atom stereocenters. The molecule has 4 rings (SSSR count). The number of hydrogen-bond acceptors (Lipinski definition) is 7. The second-order valence-corrected chi connectivity index (χ2v) is 6.49. The first-order valence-corrected chi connectivity index (χ1v) is 8.95. The van der Waals surface area contributed by atoms with Crippen LogP contribution in [0.2, 0.25) is 0 Å². The maximum atomic E-state index is 5.38. The van der Waals surface area contributed by atoms with E-state index in [1.54, 1.807) is 12.5 Å². The third-order valence-corrected chi connectivity index (χ3v) is 4.80. The Morgan fingerprint density at radius 2 is 2.12 bits per heavy atom. The van der Waals surface area contributed by atoms with E-state index < -0.39 is 0 Å². The molecule has 0 saturated heterocycles. The Kier molecular flexibility index (Phi) is 4.49. The second kappa shape index (κ2) is 7.09. The van der Waals surface area contributed by atoms with Gasteiger partial charge in [0, 0.05) is 18.4 Å². The van der Waals surface area contributed by atoms with Crippen LogP contribution in [0.15, 0.2) is 68.0 Å².